The van der Waals surface area contributed by atoms with E-state index in [4.69, 9.17) is 10.2 Å². The lowest BCUT2D eigenvalue weighted by molar-refractivity contribution is 0.107. The number of rotatable bonds is 5. The van der Waals surface area contributed by atoms with Gasteiger partial charge < -0.3 is 10.2 Å². The first-order valence-corrected chi connectivity index (χ1v) is 7.25. The molecule has 3 nitrogen and oxygen atoms in total. The molecular weight excluding hydrogens is 224 g/mol. The summed E-state index contributed by atoms with van der Waals surface area (Å²) < 4.78 is 5.22. The zero-order chi connectivity index (χ0) is 13.0. The Morgan fingerprint density at radius 3 is 2.67 bits per heavy atom. The Balaban J connectivity index is 2.03. The molecule has 0 amide bonds. The highest BCUT2D eigenvalue weighted by Gasteiger charge is 2.27. The van der Waals surface area contributed by atoms with E-state index in [1.54, 1.807) is 6.26 Å². The predicted molar refractivity (Wildman–Crippen MR) is 74.4 cm³/mol. The first kappa shape index (κ1) is 13.6. The molecule has 0 radical (unpaired) electrons. The average molecular weight is 250 g/mol. The van der Waals surface area contributed by atoms with Crippen molar-refractivity contribution in [1.29, 1.82) is 0 Å². The van der Waals surface area contributed by atoms with Crippen LogP contribution in [0.4, 0.5) is 0 Å². The SMILES string of the molecule is CCCN(C1CCC(N)CC1)C(C)c1ccoc1. The predicted octanol–water partition coefficient (Wildman–Crippen LogP) is 3.32. The molecule has 1 fully saturated rings. The molecule has 1 aliphatic rings. The molecule has 1 heterocycles. The lowest BCUT2D eigenvalue weighted by atomic mass is 9.89. The Hall–Kier alpha value is -0.800. The lowest BCUT2D eigenvalue weighted by Crippen LogP contribution is -2.42. The molecule has 2 rings (SSSR count). The van der Waals surface area contributed by atoms with Gasteiger partial charge in [-0.25, -0.2) is 0 Å². The van der Waals surface area contributed by atoms with E-state index >= 15 is 0 Å². The van der Waals surface area contributed by atoms with E-state index in [1.165, 1.54) is 37.7 Å². The van der Waals surface area contributed by atoms with Crippen molar-refractivity contribution >= 4 is 0 Å². The van der Waals surface area contributed by atoms with Crippen molar-refractivity contribution in [3.05, 3.63) is 24.2 Å². The number of hydrogen-bond acceptors (Lipinski definition) is 3. The molecule has 1 aliphatic carbocycles. The van der Waals surface area contributed by atoms with Crippen molar-refractivity contribution in [3.8, 4) is 0 Å². The van der Waals surface area contributed by atoms with Crippen LogP contribution in [0.3, 0.4) is 0 Å². The van der Waals surface area contributed by atoms with Gasteiger partial charge in [0.05, 0.1) is 12.5 Å². The Morgan fingerprint density at radius 1 is 1.39 bits per heavy atom. The van der Waals surface area contributed by atoms with Crippen LogP contribution in [-0.2, 0) is 0 Å². The summed E-state index contributed by atoms with van der Waals surface area (Å²) in [6, 6.07) is 3.65. The summed E-state index contributed by atoms with van der Waals surface area (Å²) in [6.07, 6.45) is 9.66. The normalized spacial score (nSPS) is 26.4. The molecule has 0 spiro atoms. The third-order valence-corrected chi connectivity index (χ3v) is 4.22. The van der Waals surface area contributed by atoms with Crippen molar-refractivity contribution in [3.63, 3.8) is 0 Å². The summed E-state index contributed by atoms with van der Waals surface area (Å²) in [7, 11) is 0. The van der Waals surface area contributed by atoms with Gasteiger partial charge >= 0.3 is 0 Å². The van der Waals surface area contributed by atoms with E-state index in [9.17, 15) is 0 Å². The van der Waals surface area contributed by atoms with E-state index in [1.807, 2.05) is 6.26 Å². The van der Waals surface area contributed by atoms with Crippen molar-refractivity contribution in [1.82, 2.24) is 4.90 Å². The molecule has 1 unspecified atom stereocenters. The van der Waals surface area contributed by atoms with Gasteiger partial charge in [0.15, 0.2) is 0 Å². The highest BCUT2D eigenvalue weighted by Crippen LogP contribution is 2.30. The molecule has 2 N–H and O–H groups in total. The highest BCUT2D eigenvalue weighted by atomic mass is 16.3. The fourth-order valence-corrected chi connectivity index (χ4v) is 3.09. The summed E-state index contributed by atoms with van der Waals surface area (Å²) in [6.45, 7) is 5.70. The molecule has 102 valence electrons. The Bertz CT molecular complexity index is 328. The summed E-state index contributed by atoms with van der Waals surface area (Å²) in [5.74, 6) is 0. The molecule has 1 aromatic rings. The Morgan fingerprint density at radius 2 is 2.11 bits per heavy atom. The summed E-state index contributed by atoms with van der Waals surface area (Å²) in [5.41, 5.74) is 7.30. The Labute approximate surface area is 110 Å². The molecular formula is C15H26N2O. The van der Waals surface area contributed by atoms with Gasteiger partial charge in [0, 0.05) is 23.7 Å². The maximum Gasteiger partial charge on any atom is 0.0950 e. The van der Waals surface area contributed by atoms with E-state index < -0.39 is 0 Å². The van der Waals surface area contributed by atoms with Gasteiger partial charge in [0.2, 0.25) is 0 Å². The largest absolute Gasteiger partial charge is 0.472 e. The van der Waals surface area contributed by atoms with Crippen molar-refractivity contribution in [2.24, 2.45) is 5.73 Å². The second kappa shape index (κ2) is 6.39. The van der Waals surface area contributed by atoms with Crippen LogP contribution in [0.1, 0.15) is 57.6 Å². The monoisotopic (exact) mass is 250 g/mol. The maximum atomic E-state index is 6.01. The number of hydrogen-bond donors (Lipinski definition) is 1. The summed E-state index contributed by atoms with van der Waals surface area (Å²) in [5, 5.41) is 0. The van der Waals surface area contributed by atoms with Crippen LogP contribution in [0, 0.1) is 0 Å². The fourth-order valence-electron chi connectivity index (χ4n) is 3.09. The molecule has 1 atom stereocenters. The van der Waals surface area contributed by atoms with E-state index in [-0.39, 0.29) is 0 Å². The van der Waals surface area contributed by atoms with Gasteiger partial charge in [0.1, 0.15) is 0 Å². The minimum atomic E-state index is 0.425. The molecule has 18 heavy (non-hydrogen) atoms. The van der Waals surface area contributed by atoms with Gasteiger partial charge in [-0.05, 0) is 51.6 Å². The van der Waals surface area contributed by atoms with Crippen molar-refractivity contribution in [2.45, 2.75) is 64.1 Å². The first-order chi connectivity index (χ1) is 8.72. The van der Waals surface area contributed by atoms with Gasteiger partial charge in [-0.3, -0.25) is 4.90 Å². The van der Waals surface area contributed by atoms with Crippen LogP contribution >= 0.6 is 0 Å². The van der Waals surface area contributed by atoms with Crippen LogP contribution in [0.5, 0.6) is 0 Å². The first-order valence-electron chi connectivity index (χ1n) is 7.25. The molecule has 1 aromatic heterocycles. The second-order valence-electron chi connectivity index (χ2n) is 5.54. The van der Waals surface area contributed by atoms with E-state index in [0.29, 0.717) is 18.1 Å². The van der Waals surface area contributed by atoms with E-state index in [2.05, 4.69) is 24.8 Å². The van der Waals surface area contributed by atoms with Crippen molar-refractivity contribution < 1.29 is 4.42 Å². The standard InChI is InChI=1S/C15H26N2O/c1-3-9-17(12(2)13-8-10-18-11-13)15-6-4-14(16)5-7-15/h8,10-12,14-15H,3-7,9,16H2,1-2H3. The molecule has 0 saturated heterocycles. The van der Waals surface area contributed by atoms with Crippen LogP contribution in [0.25, 0.3) is 0 Å². The van der Waals surface area contributed by atoms with Crippen LogP contribution in [0.15, 0.2) is 23.0 Å². The minimum absolute atomic E-state index is 0.425. The zero-order valence-corrected chi connectivity index (χ0v) is 11.6. The summed E-state index contributed by atoms with van der Waals surface area (Å²) >= 11 is 0. The zero-order valence-electron chi connectivity index (χ0n) is 11.6. The van der Waals surface area contributed by atoms with Gasteiger partial charge in [-0.1, -0.05) is 6.92 Å². The second-order valence-corrected chi connectivity index (χ2v) is 5.54. The van der Waals surface area contributed by atoms with E-state index in [0.717, 1.165) is 6.54 Å². The van der Waals surface area contributed by atoms with Crippen molar-refractivity contribution in [2.75, 3.05) is 6.54 Å². The third kappa shape index (κ3) is 3.15. The smallest absolute Gasteiger partial charge is 0.0950 e. The minimum Gasteiger partial charge on any atom is -0.472 e. The molecule has 0 aliphatic heterocycles. The number of furan rings is 1. The van der Waals surface area contributed by atoms with Gasteiger partial charge in [0.25, 0.3) is 0 Å². The summed E-state index contributed by atoms with van der Waals surface area (Å²) in [4.78, 5) is 2.64. The quantitative estimate of drug-likeness (QED) is 0.871. The molecule has 1 saturated carbocycles. The molecule has 0 aromatic carbocycles. The number of nitrogens with two attached hydrogens (primary N) is 1. The Kier molecular flexibility index (Phi) is 4.84. The van der Waals surface area contributed by atoms with Gasteiger partial charge in [-0.15, -0.1) is 0 Å². The number of nitrogens with zero attached hydrogens (tertiary/aromatic N) is 1. The highest BCUT2D eigenvalue weighted by molar-refractivity contribution is 5.11. The van der Waals surface area contributed by atoms with Crippen LogP contribution in [-0.4, -0.2) is 23.5 Å². The fraction of sp³-hybridized carbons (Fsp3) is 0.733. The van der Waals surface area contributed by atoms with Crippen LogP contribution in [0.2, 0.25) is 0 Å². The maximum absolute atomic E-state index is 6.01. The molecule has 0 bridgehead atoms. The topological polar surface area (TPSA) is 42.4 Å². The van der Waals surface area contributed by atoms with Gasteiger partial charge in [-0.2, -0.15) is 0 Å². The average Bonchev–Trinajstić information content (AvgIpc) is 2.90. The van der Waals surface area contributed by atoms with Crippen LogP contribution < -0.4 is 5.73 Å². The molecule has 3 heteroatoms. The third-order valence-electron chi connectivity index (χ3n) is 4.22. The lowest BCUT2D eigenvalue weighted by Gasteiger charge is -2.39.